The van der Waals surface area contributed by atoms with E-state index in [9.17, 15) is 27.2 Å². The van der Waals surface area contributed by atoms with Gasteiger partial charge in [-0.15, -0.1) is 0 Å². The minimum Gasteiger partial charge on any atom is -0.444 e. The second kappa shape index (κ2) is 12.9. The van der Waals surface area contributed by atoms with Crippen LogP contribution in [-0.4, -0.2) is 87.9 Å². The molecule has 5 rings (SSSR count). The largest absolute Gasteiger partial charge is 0.444 e. The third-order valence-electron chi connectivity index (χ3n) is 7.78. The molecule has 2 unspecified atom stereocenters. The smallest absolute Gasteiger partial charge is 0.407 e. The summed E-state index contributed by atoms with van der Waals surface area (Å²) in [5.41, 5.74) is -0.407. The maximum atomic E-state index is 14.8. The number of benzene rings is 1. The van der Waals surface area contributed by atoms with E-state index in [0.29, 0.717) is 25.9 Å². The Kier molecular flexibility index (Phi) is 9.11. The Morgan fingerprint density at radius 1 is 1.09 bits per heavy atom. The van der Waals surface area contributed by atoms with Gasteiger partial charge in [-0.3, -0.25) is 4.79 Å². The van der Waals surface area contributed by atoms with E-state index in [-0.39, 0.29) is 48.1 Å². The standard InChI is InChI=1S/C29H34F4N8O4/c1-29(2,3)44-28(43)36-22-15-41(14-20(22)19-11-17(30)5-6-21(19)31)26-34-12-16(13-35-26)25(42)39(4)18-7-9-40(10-8-18)27-37-24(23(32)33)38-45-27/h5-6,11-13,18,20,22-23H,7-10,14-15H2,1-4H3,(H,36,43). The quantitative estimate of drug-likeness (QED) is 0.375. The number of rotatable bonds is 7. The number of aromatic nitrogens is 4. The molecule has 2 atom stereocenters. The van der Waals surface area contributed by atoms with Crippen molar-refractivity contribution >= 4 is 24.0 Å². The lowest BCUT2D eigenvalue weighted by molar-refractivity contribution is 0.0504. The molecule has 2 aliphatic heterocycles. The molecule has 2 amide bonds. The molecule has 0 spiro atoms. The van der Waals surface area contributed by atoms with Gasteiger partial charge in [0.1, 0.15) is 17.2 Å². The molecule has 242 valence electrons. The molecule has 12 nitrogen and oxygen atoms in total. The van der Waals surface area contributed by atoms with Crippen LogP contribution in [-0.2, 0) is 4.74 Å². The minimum absolute atomic E-state index is 0.0227. The third-order valence-corrected chi connectivity index (χ3v) is 7.78. The maximum Gasteiger partial charge on any atom is 0.407 e. The third kappa shape index (κ3) is 7.42. The number of alkyl halides is 2. The van der Waals surface area contributed by atoms with Gasteiger partial charge in [-0.1, -0.05) is 5.16 Å². The number of carbonyl (C=O) groups excluding carboxylic acids is 2. The van der Waals surface area contributed by atoms with Crippen molar-refractivity contribution in [2.24, 2.45) is 0 Å². The molecule has 4 heterocycles. The average molecular weight is 635 g/mol. The van der Waals surface area contributed by atoms with Crippen molar-refractivity contribution in [1.82, 2.24) is 30.3 Å². The monoisotopic (exact) mass is 634 g/mol. The van der Waals surface area contributed by atoms with E-state index in [1.165, 1.54) is 12.4 Å². The van der Waals surface area contributed by atoms with Crippen molar-refractivity contribution in [3.05, 3.63) is 59.2 Å². The van der Waals surface area contributed by atoms with Crippen LogP contribution in [0.15, 0.2) is 35.1 Å². The van der Waals surface area contributed by atoms with Gasteiger partial charge in [0.05, 0.1) is 11.6 Å². The Bertz CT molecular complexity index is 1510. The molecule has 3 aromatic rings. The predicted molar refractivity (Wildman–Crippen MR) is 153 cm³/mol. The van der Waals surface area contributed by atoms with E-state index < -0.39 is 47.5 Å². The summed E-state index contributed by atoms with van der Waals surface area (Å²) in [6.07, 6.45) is 0.370. The number of anilines is 2. The summed E-state index contributed by atoms with van der Waals surface area (Å²) in [5, 5.41) is 6.06. The Morgan fingerprint density at radius 3 is 2.40 bits per heavy atom. The van der Waals surface area contributed by atoms with Crippen molar-refractivity contribution in [1.29, 1.82) is 0 Å². The minimum atomic E-state index is -2.82. The van der Waals surface area contributed by atoms with Gasteiger partial charge < -0.3 is 29.3 Å². The Labute approximate surface area is 256 Å². The van der Waals surface area contributed by atoms with E-state index in [4.69, 9.17) is 9.26 Å². The first-order valence-electron chi connectivity index (χ1n) is 14.4. The molecule has 1 aromatic carbocycles. The molecule has 2 fully saturated rings. The summed E-state index contributed by atoms with van der Waals surface area (Å²) >= 11 is 0. The molecule has 0 aliphatic carbocycles. The molecule has 45 heavy (non-hydrogen) atoms. The topological polar surface area (TPSA) is 130 Å². The van der Waals surface area contributed by atoms with Crippen molar-refractivity contribution in [3.8, 4) is 0 Å². The number of hydrogen-bond donors (Lipinski definition) is 1. The molecular formula is C29H34F4N8O4. The lowest BCUT2D eigenvalue weighted by Gasteiger charge is -2.35. The molecule has 1 N–H and O–H groups in total. The molecule has 0 radical (unpaired) electrons. The number of halogens is 4. The molecule has 2 aliphatic rings. The highest BCUT2D eigenvalue weighted by Gasteiger charge is 2.39. The number of piperidine rings is 1. The van der Waals surface area contributed by atoms with Crippen molar-refractivity contribution in [2.45, 2.75) is 63.6 Å². The van der Waals surface area contributed by atoms with Crippen molar-refractivity contribution in [3.63, 3.8) is 0 Å². The summed E-state index contributed by atoms with van der Waals surface area (Å²) in [6, 6.07) is 2.43. The van der Waals surface area contributed by atoms with Gasteiger partial charge in [0.15, 0.2) is 0 Å². The molecule has 2 saturated heterocycles. The van der Waals surface area contributed by atoms with E-state index in [0.717, 1.165) is 18.2 Å². The van der Waals surface area contributed by atoms with Crippen molar-refractivity contribution < 1.29 is 36.4 Å². The summed E-state index contributed by atoms with van der Waals surface area (Å²) in [5.74, 6) is -2.56. The van der Waals surface area contributed by atoms with Gasteiger partial charge in [-0.25, -0.2) is 32.3 Å². The van der Waals surface area contributed by atoms with Crippen LogP contribution in [0.2, 0.25) is 0 Å². The maximum absolute atomic E-state index is 14.8. The van der Waals surface area contributed by atoms with Gasteiger partial charge >= 0.3 is 18.5 Å². The SMILES string of the molecule is CN(C(=O)c1cnc(N2CC(NC(=O)OC(C)(C)C)C(c3cc(F)ccc3F)C2)nc1)C1CCN(c2nc(C(F)F)no2)CC1. The van der Waals surface area contributed by atoms with Gasteiger partial charge in [-0.2, -0.15) is 4.98 Å². The van der Waals surface area contributed by atoms with Crippen LogP contribution in [0.1, 0.15) is 67.7 Å². The zero-order chi connectivity index (χ0) is 32.5. The normalized spacial score (nSPS) is 19.2. The number of nitrogens with one attached hydrogen (secondary N) is 1. The fourth-order valence-electron chi connectivity index (χ4n) is 5.54. The highest BCUT2D eigenvalue weighted by Crippen LogP contribution is 2.32. The molecule has 16 heteroatoms. The van der Waals surface area contributed by atoms with Crippen LogP contribution in [0.25, 0.3) is 0 Å². The van der Waals surface area contributed by atoms with Gasteiger partial charge in [0.25, 0.3) is 5.91 Å². The summed E-state index contributed by atoms with van der Waals surface area (Å²) < 4.78 is 64.8. The number of carbonyl (C=O) groups is 2. The Balaban J connectivity index is 1.24. The predicted octanol–water partition coefficient (Wildman–Crippen LogP) is 4.31. The van der Waals surface area contributed by atoms with E-state index >= 15 is 0 Å². The van der Waals surface area contributed by atoms with E-state index in [1.807, 2.05) is 0 Å². The zero-order valence-electron chi connectivity index (χ0n) is 25.2. The zero-order valence-corrected chi connectivity index (χ0v) is 25.2. The van der Waals surface area contributed by atoms with Crippen LogP contribution >= 0.6 is 0 Å². The average Bonchev–Trinajstić information content (AvgIpc) is 3.65. The second-order valence-electron chi connectivity index (χ2n) is 12.1. The Hall–Kier alpha value is -4.50. The summed E-state index contributed by atoms with van der Waals surface area (Å²) in [6.45, 7) is 6.38. The van der Waals surface area contributed by atoms with Crippen molar-refractivity contribution in [2.75, 3.05) is 43.0 Å². The molecular weight excluding hydrogens is 600 g/mol. The van der Waals surface area contributed by atoms with Crippen LogP contribution in [0.3, 0.4) is 0 Å². The van der Waals surface area contributed by atoms with Crippen LogP contribution in [0, 0.1) is 11.6 Å². The Morgan fingerprint density at radius 2 is 1.78 bits per heavy atom. The van der Waals surface area contributed by atoms with E-state index in [1.54, 1.807) is 42.5 Å². The first-order valence-corrected chi connectivity index (χ1v) is 14.4. The number of ether oxygens (including phenoxy) is 1. The van der Waals surface area contributed by atoms with Gasteiger partial charge in [0.2, 0.25) is 11.8 Å². The first-order chi connectivity index (χ1) is 21.3. The molecule has 0 bridgehead atoms. The van der Waals surface area contributed by atoms with Crippen LogP contribution in [0.5, 0.6) is 0 Å². The lowest BCUT2D eigenvalue weighted by atomic mass is 9.94. The fraction of sp³-hybridized carbons (Fsp3) is 0.517. The number of hydrogen-bond acceptors (Lipinski definition) is 10. The highest BCUT2D eigenvalue weighted by molar-refractivity contribution is 5.93. The van der Waals surface area contributed by atoms with Crippen LogP contribution < -0.4 is 15.1 Å². The van der Waals surface area contributed by atoms with Gasteiger partial charge in [-0.05, 0) is 57.4 Å². The summed E-state index contributed by atoms with van der Waals surface area (Å²) in [4.78, 5) is 43.3. The molecule has 0 saturated carbocycles. The highest BCUT2D eigenvalue weighted by atomic mass is 19.3. The number of nitrogens with zero attached hydrogens (tertiary/aromatic N) is 7. The lowest BCUT2D eigenvalue weighted by Crippen LogP contribution is -2.45. The summed E-state index contributed by atoms with van der Waals surface area (Å²) in [7, 11) is 1.67. The number of alkyl carbamates (subject to hydrolysis) is 1. The van der Waals surface area contributed by atoms with Crippen LogP contribution in [0.4, 0.5) is 34.3 Å². The van der Waals surface area contributed by atoms with E-state index in [2.05, 4.69) is 25.4 Å². The fourth-order valence-corrected chi connectivity index (χ4v) is 5.54. The van der Waals surface area contributed by atoms with Gasteiger partial charge in [0, 0.05) is 57.6 Å². The second-order valence-corrected chi connectivity index (χ2v) is 12.1. The molecule has 2 aromatic heterocycles. The number of amides is 2. The first kappa shape index (κ1) is 31.9.